The number of amides is 1. The molecular weight excluding hydrogens is 597 g/mol. The van der Waals surface area contributed by atoms with Crippen molar-refractivity contribution in [3.05, 3.63) is 53.1 Å². The maximum absolute atomic E-state index is 14.1. The lowest BCUT2D eigenvalue weighted by molar-refractivity contribution is -0.274. The molecule has 3 aliphatic heterocycles. The minimum Gasteiger partial charge on any atom is -0.490 e. The second-order valence-electron chi connectivity index (χ2n) is 14.6. The third kappa shape index (κ3) is 4.72. The van der Waals surface area contributed by atoms with Crippen molar-refractivity contribution >= 4 is 5.91 Å². The molecule has 3 unspecified atom stereocenters. The maximum Gasteiger partial charge on any atom is 0.573 e. The van der Waals surface area contributed by atoms with E-state index in [0.717, 1.165) is 59.9 Å². The van der Waals surface area contributed by atoms with Gasteiger partial charge in [-0.1, -0.05) is 31.5 Å². The number of likely N-dealkylation sites (tertiary alicyclic amines) is 2. The van der Waals surface area contributed by atoms with E-state index in [0.29, 0.717) is 44.9 Å². The summed E-state index contributed by atoms with van der Waals surface area (Å²) in [6, 6.07) is 10.1. The number of carbonyl (C=O) groups is 1. The SMILES string of the molecule is CCCCOc1ccc(C)c2c1O[C@H]1[C@@H](N3CCC(Cc4ccc(OC(F)(F)F)cc4)C3=O)CC[C@@]3(O)[C@H]4C(C[C@]213)N4CC1CC1. The molecule has 0 radical (unpaired) electrons. The summed E-state index contributed by atoms with van der Waals surface area (Å²) in [7, 11) is 0. The first-order valence-electron chi connectivity index (χ1n) is 17.1. The first-order chi connectivity index (χ1) is 22.0. The highest BCUT2D eigenvalue weighted by Crippen LogP contribution is 2.70. The van der Waals surface area contributed by atoms with Gasteiger partial charge in [0.25, 0.3) is 0 Å². The molecule has 6 aliphatic rings. The molecule has 10 heteroatoms. The zero-order valence-electron chi connectivity index (χ0n) is 26.5. The summed E-state index contributed by atoms with van der Waals surface area (Å²) in [6.07, 6.45) is 2.57. The highest BCUT2D eigenvalue weighted by atomic mass is 19.4. The van der Waals surface area contributed by atoms with Crippen LogP contribution in [0, 0.1) is 18.8 Å². The molecule has 2 aromatic rings. The number of fused-ring (bicyclic) bond motifs is 3. The van der Waals surface area contributed by atoms with Gasteiger partial charge in [-0.2, -0.15) is 0 Å². The Kier molecular flexibility index (Phi) is 7.11. The van der Waals surface area contributed by atoms with Crippen LogP contribution in [0.1, 0.15) is 75.0 Å². The molecule has 1 N–H and O–H groups in total. The second-order valence-corrected chi connectivity index (χ2v) is 14.6. The quantitative estimate of drug-likeness (QED) is 0.257. The molecule has 1 amide bonds. The van der Waals surface area contributed by atoms with Crippen molar-refractivity contribution < 1.29 is 37.3 Å². The van der Waals surface area contributed by atoms with Gasteiger partial charge >= 0.3 is 6.36 Å². The molecule has 8 atom stereocenters. The van der Waals surface area contributed by atoms with Crippen LogP contribution in [-0.4, -0.2) is 76.7 Å². The van der Waals surface area contributed by atoms with Crippen molar-refractivity contribution in [3.8, 4) is 17.2 Å². The van der Waals surface area contributed by atoms with Crippen LogP contribution in [0.4, 0.5) is 13.2 Å². The molecule has 2 aromatic carbocycles. The van der Waals surface area contributed by atoms with Crippen LogP contribution in [0.3, 0.4) is 0 Å². The number of piperidine rings is 1. The van der Waals surface area contributed by atoms with Crippen LogP contribution in [0.15, 0.2) is 36.4 Å². The molecule has 1 spiro atoms. The first kappa shape index (κ1) is 30.4. The van der Waals surface area contributed by atoms with Crippen LogP contribution in [0.5, 0.6) is 17.2 Å². The molecule has 2 saturated heterocycles. The number of nitrogens with zero attached hydrogens (tertiary/aromatic N) is 2. The molecule has 248 valence electrons. The maximum atomic E-state index is 14.1. The average molecular weight is 641 g/mol. The van der Waals surface area contributed by atoms with Crippen molar-refractivity contribution in [1.29, 1.82) is 0 Å². The second kappa shape index (κ2) is 10.8. The Balaban J connectivity index is 1.07. The zero-order valence-corrected chi connectivity index (χ0v) is 26.5. The zero-order chi connectivity index (χ0) is 32.0. The van der Waals surface area contributed by atoms with Crippen molar-refractivity contribution in [3.63, 3.8) is 0 Å². The minimum absolute atomic E-state index is 0.0513. The summed E-state index contributed by atoms with van der Waals surface area (Å²) < 4.78 is 55.2. The lowest BCUT2D eigenvalue weighted by Gasteiger charge is -2.53. The van der Waals surface area contributed by atoms with Gasteiger partial charge in [-0.15, -0.1) is 13.2 Å². The fourth-order valence-corrected chi connectivity index (χ4v) is 9.60. The summed E-state index contributed by atoms with van der Waals surface area (Å²) in [5, 5.41) is 12.9. The fourth-order valence-electron chi connectivity index (χ4n) is 9.60. The summed E-state index contributed by atoms with van der Waals surface area (Å²) >= 11 is 0. The van der Waals surface area contributed by atoms with E-state index in [-0.39, 0.29) is 35.8 Å². The van der Waals surface area contributed by atoms with E-state index in [1.54, 1.807) is 12.1 Å². The lowest BCUT2D eigenvalue weighted by atomic mass is 9.57. The molecule has 7 nitrogen and oxygen atoms in total. The number of halogens is 3. The van der Waals surface area contributed by atoms with E-state index in [2.05, 4.69) is 29.6 Å². The number of rotatable bonds is 10. The molecule has 3 aliphatic carbocycles. The van der Waals surface area contributed by atoms with Crippen molar-refractivity contribution in [2.24, 2.45) is 11.8 Å². The van der Waals surface area contributed by atoms with Crippen LogP contribution >= 0.6 is 0 Å². The minimum atomic E-state index is -4.74. The summed E-state index contributed by atoms with van der Waals surface area (Å²) in [5.41, 5.74) is 1.39. The third-order valence-electron chi connectivity index (χ3n) is 11.8. The Morgan fingerprint density at radius 2 is 1.85 bits per heavy atom. The van der Waals surface area contributed by atoms with E-state index >= 15 is 0 Å². The number of alkyl halides is 3. The summed E-state index contributed by atoms with van der Waals surface area (Å²) in [4.78, 5) is 18.6. The predicted octanol–water partition coefficient (Wildman–Crippen LogP) is 5.92. The topological polar surface area (TPSA) is 71.2 Å². The van der Waals surface area contributed by atoms with Gasteiger partial charge in [0.2, 0.25) is 5.91 Å². The number of hydrogen-bond donors (Lipinski definition) is 1. The fraction of sp³-hybridized carbons (Fsp3) is 0.639. The number of hydrogen-bond acceptors (Lipinski definition) is 6. The van der Waals surface area contributed by atoms with Crippen molar-refractivity contribution in [2.75, 3.05) is 19.7 Å². The highest BCUT2D eigenvalue weighted by Gasteiger charge is 2.81. The molecule has 3 saturated carbocycles. The van der Waals surface area contributed by atoms with E-state index in [4.69, 9.17) is 9.47 Å². The Hall–Kier alpha value is -2.98. The lowest BCUT2D eigenvalue weighted by Crippen LogP contribution is -2.68. The van der Waals surface area contributed by atoms with Gasteiger partial charge in [0.1, 0.15) is 11.9 Å². The van der Waals surface area contributed by atoms with Crippen LogP contribution < -0.4 is 14.2 Å². The summed E-state index contributed by atoms with van der Waals surface area (Å²) in [6.45, 7) is 6.48. The molecule has 46 heavy (non-hydrogen) atoms. The largest absolute Gasteiger partial charge is 0.573 e. The summed E-state index contributed by atoms with van der Waals surface area (Å²) in [5.74, 6) is 1.72. The number of aliphatic hydroxyl groups is 1. The van der Waals surface area contributed by atoms with Gasteiger partial charge in [-0.05, 0) is 93.5 Å². The molecule has 8 rings (SSSR count). The van der Waals surface area contributed by atoms with E-state index in [9.17, 15) is 23.1 Å². The van der Waals surface area contributed by atoms with Crippen molar-refractivity contribution in [1.82, 2.24) is 9.80 Å². The van der Waals surface area contributed by atoms with E-state index in [1.807, 2.05) is 11.0 Å². The van der Waals surface area contributed by atoms with Crippen LogP contribution in [0.2, 0.25) is 0 Å². The van der Waals surface area contributed by atoms with Gasteiger partial charge in [0, 0.05) is 30.6 Å². The van der Waals surface area contributed by atoms with Gasteiger partial charge in [0.15, 0.2) is 11.5 Å². The van der Waals surface area contributed by atoms with Gasteiger partial charge < -0.3 is 24.2 Å². The molecule has 0 bridgehead atoms. The number of aryl methyl sites for hydroxylation is 1. The molecule has 3 heterocycles. The van der Waals surface area contributed by atoms with Gasteiger partial charge in [0.05, 0.1) is 29.7 Å². The number of unbranched alkanes of at least 4 members (excludes halogenated alkanes) is 1. The third-order valence-corrected chi connectivity index (χ3v) is 11.8. The van der Waals surface area contributed by atoms with E-state index in [1.165, 1.54) is 25.0 Å². The highest BCUT2D eigenvalue weighted by molar-refractivity contribution is 5.82. The van der Waals surface area contributed by atoms with Crippen LogP contribution in [0.25, 0.3) is 0 Å². The van der Waals surface area contributed by atoms with E-state index < -0.39 is 17.4 Å². The standard InChI is InChI=1S/C36H43F3N2O5/c1-3-4-17-44-28-12-5-21(2)29-30(28)45-32-26(13-15-35(43)31-27(19-34(29,32)35)41(31)20-23-6-7-23)40-16-14-24(33(40)42)18-22-8-10-25(11-9-22)46-36(37,38)39/h5,8-12,23-24,26-27,31-32,43H,3-4,6-7,13-20H2,1-2H3/t24?,26-,27?,31+,32-,34-,35+,41?/m0/s1. The van der Waals surface area contributed by atoms with Crippen molar-refractivity contribution in [2.45, 2.75) is 113 Å². The first-order valence-corrected chi connectivity index (χ1v) is 17.1. The van der Waals surface area contributed by atoms with Gasteiger partial charge in [-0.25, -0.2) is 0 Å². The number of carbonyl (C=O) groups excluding carboxylic acids is 1. The van der Waals surface area contributed by atoms with Crippen LogP contribution in [-0.2, 0) is 16.6 Å². The Labute approximate surface area is 268 Å². The smallest absolute Gasteiger partial charge is 0.490 e. The molecule has 0 aromatic heterocycles. The Morgan fingerprint density at radius 1 is 1.07 bits per heavy atom. The Morgan fingerprint density at radius 3 is 2.57 bits per heavy atom. The van der Waals surface area contributed by atoms with Gasteiger partial charge in [-0.3, -0.25) is 9.69 Å². The Bertz CT molecular complexity index is 1510. The predicted molar refractivity (Wildman–Crippen MR) is 164 cm³/mol. The molecule has 5 fully saturated rings. The number of ether oxygens (including phenoxy) is 3. The number of benzene rings is 2. The normalized spacial score (nSPS) is 35.7. The average Bonchev–Trinajstić information content (AvgIpc) is 3.85. The molecular formula is C36H43F3N2O5. The monoisotopic (exact) mass is 640 g/mol.